The van der Waals surface area contributed by atoms with Crippen LogP contribution >= 0.6 is 0 Å². The largest absolute Gasteiger partial charge is 0.478 e. The average Bonchev–Trinajstić information content (AvgIpc) is 2.18. The van der Waals surface area contributed by atoms with Crippen molar-refractivity contribution >= 4 is 25.5 Å². The first-order valence-electron chi connectivity index (χ1n) is 5.41. The highest BCUT2D eigenvalue weighted by Gasteiger charge is 2.02. The maximum Gasteiger partial charge on any atom is 0.331 e. The van der Waals surface area contributed by atoms with Crippen molar-refractivity contribution in [2.75, 3.05) is 6.61 Å². The first-order chi connectivity index (χ1) is 7.34. The lowest BCUT2D eigenvalue weighted by molar-refractivity contribution is -0.132. The Morgan fingerprint density at radius 2 is 2.00 bits per heavy atom. The van der Waals surface area contributed by atoms with Gasteiger partial charge < -0.3 is 14.0 Å². The first kappa shape index (κ1) is 17.9. The Hall–Kier alpha value is -0.436. The summed E-state index contributed by atoms with van der Waals surface area (Å²) in [5, 5.41) is 8.48. The van der Waals surface area contributed by atoms with Gasteiger partial charge in [0.05, 0.1) is 6.10 Å². The van der Waals surface area contributed by atoms with Gasteiger partial charge in [-0.25, -0.2) is 4.79 Å². The minimum Gasteiger partial charge on any atom is -0.478 e. The molecule has 0 heterocycles. The predicted octanol–water partition coefficient (Wildman–Crippen LogP) is 0.709. The van der Waals surface area contributed by atoms with Crippen LogP contribution in [-0.4, -0.2) is 43.3 Å². The normalized spacial score (nSPS) is 13.2. The number of hydrogen-bond acceptors (Lipinski definition) is 3. The predicted molar refractivity (Wildman–Crippen MR) is 72.4 cm³/mol. The van der Waals surface area contributed by atoms with E-state index in [4.69, 9.17) is 14.0 Å². The number of rotatable bonds is 5. The zero-order chi connectivity index (χ0) is 13.1. The SMILES string of the molecule is CCOC(C)C=C(C)C(=O)O.C[SiH](C)O[SiH3]. The maximum absolute atomic E-state index is 10.3. The van der Waals surface area contributed by atoms with Crippen LogP contribution in [0, 0.1) is 0 Å². The summed E-state index contributed by atoms with van der Waals surface area (Å²) in [6.07, 6.45) is 1.47. The Morgan fingerprint density at radius 3 is 2.25 bits per heavy atom. The van der Waals surface area contributed by atoms with Crippen LogP contribution < -0.4 is 0 Å². The number of carboxylic acids is 1. The van der Waals surface area contributed by atoms with Crippen LogP contribution in [0.4, 0.5) is 0 Å². The molecule has 4 nitrogen and oxygen atoms in total. The summed E-state index contributed by atoms with van der Waals surface area (Å²) in [5.74, 6) is -0.892. The molecule has 0 fully saturated rings. The van der Waals surface area contributed by atoms with Gasteiger partial charge in [0.2, 0.25) is 0 Å². The lowest BCUT2D eigenvalue weighted by Gasteiger charge is -2.05. The van der Waals surface area contributed by atoms with E-state index in [0.717, 1.165) is 10.5 Å². The van der Waals surface area contributed by atoms with Crippen LogP contribution in [0.15, 0.2) is 11.6 Å². The zero-order valence-corrected chi connectivity index (χ0v) is 14.3. The quantitative estimate of drug-likeness (QED) is 0.587. The summed E-state index contributed by atoms with van der Waals surface area (Å²) in [4.78, 5) is 10.3. The van der Waals surface area contributed by atoms with Gasteiger partial charge in [-0.05, 0) is 39.9 Å². The molecule has 0 aromatic heterocycles. The molecule has 6 heteroatoms. The highest BCUT2D eigenvalue weighted by atomic mass is 28.3. The van der Waals surface area contributed by atoms with E-state index in [1.165, 1.54) is 0 Å². The van der Waals surface area contributed by atoms with E-state index in [9.17, 15) is 4.79 Å². The Kier molecular flexibility index (Phi) is 12.4. The number of aliphatic carboxylic acids is 1. The molecule has 0 saturated heterocycles. The Labute approximate surface area is 103 Å². The fourth-order valence-corrected chi connectivity index (χ4v) is 0.734. The second kappa shape index (κ2) is 11.1. The molecule has 1 N–H and O–H groups in total. The molecule has 0 saturated carbocycles. The molecular weight excluding hydrogens is 240 g/mol. The lowest BCUT2D eigenvalue weighted by atomic mass is 10.2. The van der Waals surface area contributed by atoms with Gasteiger partial charge in [-0.3, -0.25) is 0 Å². The molecule has 0 spiro atoms. The van der Waals surface area contributed by atoms with Gasteiger partial charge in [-0.15, -0.1) is 0 Å². The summed E-state index contributed by atoms with van der Waals surface area (Å²) in [6, 6.07) is 0. The van der Waals surface area contributed by atoms with Gasteiger partial charge in [-0.2, -0.15) is 0 Å². The summed E-state index contributed by atoms with van der Waals surface area (Å²) in [6.45, 7) is 10.2. The van der Waals surface area contributed by atoms with E-state index in [1.807, 2.05) is 13.8 Å². The molecule has 0 aliphatic rings. The summed E-state index contributed by atoms with van der Waals surface area (Å²) >= 11 is 0. The van der Waals surface area contributed by atoms with Crippen LogP contribution in [0.3, 0.4) is 0 Å². The van der Waals surface area contributed by atoms with E-state index in [0.29, 0.717) is 12.2 Å². The van der Waals surface area contributed by atoms with Crippen molar-refractivity contribution in [2.45, 2.75) is 40.0 Å². The molecule has 1 atom stereocenters. The van der Waals surface area contributed by atoms with Crippen molar-refractivity contribution < 1.29 is 18.8 Å². The third-order valence-electron chi connectivity index (χ3n) is 1.72. The summed E-state index contributed by atoms with van der Waals surface area (Å²) in [7, 11) is 0.347. The highest BCUT2D eigenvalue weighted by molar-refractivity contribution is 6.52. The molecule has 1 unspecified atom stereocenters. The van der Waals surface area contributed by atoms with Crippen molar-refractivity contribution in [2.24, 2.45) is 0 Å². The molecule has 0 aliphatic heterocycles. The Balaban J connectivity index is 0. The van der Waals surface area contributed by atoms with Crippen LogP contribution in [0.5, 0.6) is 0 Å². The number of carbonyl (C=O) groups is 1. The van der Waals surface area contributed by atoms with Crippen molar-refractivity contribution in [1.29, 1.82) is 0 Å². The summed E-state index contributed by atoms with van der Waals surface area (Å²) in [5.41, 5.74) is 0.325. The lowest BCUT2D eigenvalue weighted by Crippen LogP contribution is -2.07. The Bertz CT molecular complexity index is 217. The molecule has 0 amide bonds. The average molecular weight is 264 g/mol. The molecule has 0 bridgehead atoms. The molecule has 0 aromatic carbocycles. The van der Waals surface area contributed by atoms with E-state index < -0.39 is 15.0 Å². The minimum absolute atomic E-state index is 0.115. The van der Waals surface area contributed by atoms with Crippen LogP contribution in [0.25, 0.3) is 0 Å². The van der Waals surface area contributed by atoms with Crippen molar-refractivity contribution in [1.82, 2.24) is 0 Å². The van der Waals surface area contributed by atoms with Gasteiger partial charge in [0.25, 0.3) is 0 Å². The number of carboxylic acid groups (broad SMARTS) is 1. The van der Waals surface area contributed by atoms with Gasteiger partial charge >= 0.3 is 5.97 Å². The topological polar surface area (TPSA) is 55.8 Å². The van der Waals surface area contributed by atoms with Crippen molar-refractivity contribution in [3.05, 3.63) is 11.6 Å². The fraction of sp³-hybridized carbons (Fsp3) is 0.700. The zero-order valence-electron chi connectivity index (χ0n) is 11.1. The van der Waals surface area contributed by atoms with Gasteiger partial charge in [0.1, 0.15) is 10.5 Å². The monoisotopic (exact) mass is 264 g/mol. The fourth-order valence-electron chi connectivity index (χ4n) is 0.734. The molecule has 16 heavy (non-hydrogen) atoms. The third kappa shape index (κ3) is 13.6. The smallest absolute Gasteiger partial charge is 0.331 e. The van der Waals surface area contributed by atoms with Crippen molar-refractivity contribution in [3.8, 4) is 0 Å². The van der Waals surface area contributed by atoms with Gasteiger partial charge in [0.15, 0.2) is 9.04 Å². The molecule has 0 rings (SSSR count). The van der Waals surface area contributed by atoms with E-state index in [2.05, 4.69) is 13.1 Å². The standard InChI is InChI=1S/C8H14O3.C2H10OSi2/c1-4-11-7(3)5-6(2)8(9)10;1-5(2)3-4/h5,7H,4H2,1-3H3,(H,9,10);5H,1-2,4H3. The van der Waals surface area contributed by atoms with Gasteiger partial charge in [-0.1, -0.05) is 0 Å². The molecular formula is C10H24O4Si2. The summed E-state index contributed by atoms with van der Waals surface area (Å²) < 4.78 is 10.2. The van der Waals surface area contributed by atoms with Crippen LogP contribution in [0.2, 0.25) is 13.1 Å². The van der Waals surface area contributed by atoms with E-state index >= 15 is 0 Å². The highest BCUT2D eigenvalue weighted by Crippen LogP contribution is 1.99. The molecule has 0 aliphatic carbocycles. The van der Waals surface area contributed by atoms with Gasteiger partial charge in [0, 0.05) is 12.2 Å². The first-order valence-corrected chi connectivity index (χ1v) is 9.00. The second-order valence-electron chi connectivity index (χ2n) is 3.60. The van der Waals surface area contributed by atoms with Crippen molar-refractivity contribution in [3.63, 3.8) is 0 Å². The van der Waals surface area contributed by atoms with Crippen LogP contribution in [-0.2, 0) is 13.6 Å². The molecule has 0 aromatic rings. The van der Waals surface area contributed by atoms with E-state index in [1.54, 1.807) is 13.0 Å². The molecule has 0 radical (unpaired) electrons. The second-order valence-corrected chi connectivity index (χ2v) is 7.58. The third-order valence-corrected chi connectivity index (χ3v) is 5.49. The number of hydrogen-bond donors (Lipinski definition) is 1. The van der Waals surface area contributed by atoms with Crippen LogP contribution in [0.1, 0.15) is 20.8 Å². The molecule has 96 valence electrons. The Morgan fingerprint density at radius 1 is 1.56 bits per heavy atom. The van der Waals surface area contributed by atoms with E-state index in [-0.39, 0.29) is 6.10 Å². The maximum atomic E-state index is 10.3. The minimum atomic E-state index is -0.892. The number of ether oxygens (including phenoxy) is 1.